The molecule has 140 valence electrons. The molecule has 0 spiro atoms. The van der Waals surface area contributed by atoms with E-state index in [1.54, 1.807) is 12.1 Å². The molecule has 0 atom stereocenters. The second kappa shape index (κ2) is 8.59. The minimum absolute atomic E-state index is 0.0882. The van der Waals surface area contributed by atoms with E-state index in [0.717, 1.165) is 39.3 Å². The number of nitrogens with zero attached hydrogens (tertiary/aromatic N) is 4. The Balaban J connectivity index is 1.42. The number of hydrogen-bond acceptors (Lipinski definition) is 7. The van der Waals surface area contributed by atoms with Crippen molar-refractivity contribution in [1.82, 2.24) is 20.0 Å². The number of rotatable bonds is 8. The molecular formula is C16H21N5O5. The Kier molecular flexibility index (Phi) is 5.97. The zero-order valence-corrected chi connectivity index (χ0v) is 14.3. The second-order valence-electron chi connectivity index (χ2n) is 5.98. The van der Waals surface area contributed by atoms with E-state index in [1.807, 2.05) is 0 Å². The zero-order chi connectivity index (χ0) is 18.4. The minimum atomic E-state index is -0.512. The Morgan fingerprint density at radius 1 is 1.35 bits per heavy atom. The van der Waals surface area contributed by atoms with Gasteiger partial charge in [-0.15, -0.1) is 0 Å². The van der Waals surface area contributed by atoms with E-state index in [4.69, 9.17) is 9.15 Å². The number of ether oxygens (including phenoxy) is 1. The highest BCUT2D eigenvalue weighted by Gasteiger charge is 2.14. The van der Waals surface area contributed by atoms with Gasteiger partial charge < -0.3 is 14.5 Å². The third kappa shape index (κ3) is 4.90. The van der Waals surface area contributed by atoms with E-state index in [0.29, 0.717) is 12.3 Å². The van der Waals surface area contributed by atoms with Crippen LogP contribution < -0.4 is 5.32 Å². The maximum Gasteiger partial charge on any atom is 0.307 e. The molecule has 26 heavy (non-hydrogen) atoms. The number of carbonyl (C=O) groups excluding carboxylic acids is 1. The molecule has 0 aromatic carbocycles. The van der Waals surface area contributed by atoms with Crippen molar-refractivity contribution >= 4 is 11.6 Å². The number of amides is 1. The van der Waals surface area contributed by atoms with Crippen LogP contribution in [0.5, 0.6) is 0 Å². The molecule has 10 nitrogen and oxygen atoms in total. The molecule has 0 radical (unpaired) electrons. The first-order valence-corrected chi connectivity index (χ1v) is 8.45. The van der Waals surface area contributed by atoms with Gasteiger partial charge in [0.2, 0.25) is 0 Å². The Bertz CT molecular complexity index is 750. The molecule has 2 aromatic heterocycles. The van der Waals surface area contributed by atoms with Gasteiger partial charge in [-0.1, -0.05) is 0 Å². The van der Waals surface area contributed by atoms with Gasteiger partial charge in [0, 0.05) is 19.6 Å². The van der Waals surface area contributed by atoms with Crippen molar-refractivity contribution in [1.29, 1.82) is 0 Å². The molecule has 0 saturated carbocycles. The van der Waals surface area contributed by atoms with Crippen LogP contribution in [0.4, 0.5) is 5.69 Å². The summed E-state index contributed by atoms with van der Waals surface area (Å²) in [7, 11) is 0. The fourth-order valence-electron chi connectivity index (χ4n) is 2.69. The average Bonchev–Trinajstić information content (AvgIpc) is 3.30. The summed E-state index contributed by atoms with van der Waals surface area (Å²) in [5.74, 6) is 0.444. The molecule has 1 saturated heterocycles. The highest BCUT2D eigenvalue weighted by Crippen LogP contribution is 2.12. The summed E-state index contributed by atoms with van der Waals surface area (Å²) in [5.41, 5.74) is -0.0882. The van der Waals surface area contributed by atoms with Crippen LogP contribution in [0.2, 0.25) is 0 Å². The average molecular weight is 363 g/mol. The number of nitro groups is 1. The summed E-state index contributed by atoms with van der Waals surface area (Å²) in [5, 5.41) is 17.4. The third-order valence-electron chi connectivity index (χ3n) is 4.07. The molecule has 2 aromatic rings. The van der Waals surface area contributed by atoms with Crippen LogP contribution in [0.3, 0.4) is 0 Å². The molecule has 1 aliphatic heterocycles. The minimum Gasteiger partial charge on any atom is -0.454 e. The molecular weight excluding hydrogens is 342 g/mol. The summed E-state index contributed by atoms with van der Waals surface area (Å²) in [6, 6.07) is 3.25. The fourth-order valence-corrected chi connectivity index (χ4v) is 2.69. The topological polar surface area (TPSA) is 116 Å². The van der Waals surface area contributed by atoms with Crippen molar-refractivity contribution in [3.63, 3.8) is 0 Å². The molecule has 0 unspecified atom stereocenters. The number of hydrogen-bond donors (Lipinski definition) is 1. The molecule has 10 heteroatoms. The van der Waals surface area contributed by atoms with Crippen LogP contribution in [0.25, 0.3) is 0 Å². The van der Waals surface area contributed by atoms with E-state index >= 15 is 0 Å². The summed E-state index contributed by atoms with van der Waals surface area (Å²) in [6.45, 7) is 5.10. The predicted octanol–water partition coefficient (Wildman–Crippen LogP) is 0.885. The van der Waals surface area contributed by atoms with Crippen molar-refractivity contribution < 1.29 is 18.9 Å². The maximum atomic E-state index is 12.1. The van der Waals surface area contributed by atoms with Gasteiger partial charge in [0.25, 0.3) is 5.91 Å². The lowest BCUT2D eigenvalue weighted by atomic mass is 10.3. The Morgan fingerprint density at radius 2 is 2.15 bits per heavy atom. The third-order valence-corrected chi connectivity index (χ3v) is 4.07. The number of aromatic nitrogens is 2. The monoisotopic (exact) mass is 363 g/mol. The Labute approximate surface area is 149 Å². The van der Waals surface area contributed by atoms with Crippen LogP contribution >= 0.6 is 0 Å². The largest absolute Gasteiger partial charge is 0.454 e. The van der Waals surface area contributed by atoms with Crippen molar-refractivity contribution in [2.24, 2.45) is 0 Å². The first-order valence-electron chi connectivity index (χ1n) is 8.45. The molecule has 0 bridgehead atoms. The van der Waals surface area contributed by atoms with Crippen molar-refractivity contribution in [2.75, 3.05) is 39.4 Å². The summed E-state index contributed by atoms with van der Waals surface area (Å²) in [4.78, 5) is 24.6. The standard InChI is InChI=1S/C16H21N5O5/c22-16(17-4-1-5-19-6-8-25-9-7-19)15-3-2-14(26-15)12-20-11-13(10-18-20)21(23)24/h2-3,10-11H,1,4-9,12H2,(H,17,22). The molecule has 1 fully saturated rings. The normalized spacial score (nSPS) is 15.1. The van der Waals surface area contributed by atoms with Crippen LogP contribution in [0.1, 0.15) is 22.7 Å². The summed E-state index contributed by atoms with van der Waals surface area (Å²) < 4.78 is 12.2. The summed E-state index contributed by atoms with van der Waals surface area (Å²) >= 11 is 0. The van der Waals surface area contributed by atoms with Crippen LogP contribution in [-0.4, -0.2) is 64.9 Å². The SMILES string of the molecule is O=C(NCCCN1CCOCC1)c1ccc(Cn2cc([N+](=O)[O-])cn2)o1. The lowest BCUT2D eigenvalue weighted by Gasteiger charge is -2.26. The molecule has 1 N–H and O–H groups in total. The number of nitrogens with one attached hydrogen (secondary N) is 1. The van der Waals surface area contributed by atoms with Gasteiger partial charge in [0.1, 0.15) is 18.2 Å². The quantitative estimate of drug-likeness (QED) is 0.420. The van der Waals surface area contributed by atoms with Gasteiger partial charge in [0.15, 0.2) is 5.76 Å². The summed E-state index contributed by atoms with van der Waals surface area (Å²) in [6.07, 6.45) is 3.34. The van der Waals surface area contributed by atoms with Gasteiger partial charge in [0.05, 0.1) is 24.7 Å². The zero-order valence-electron chi connectivity index (χ0n) is 14.3. The van der Waals surface area contributed by atoms with Gasteiger partial charge in [-0.25, -0.2) is 0 Å². The molecule has 1 aliphatic rings. The van der Waals surface area contributed by atoms with E-state index in [2.05, 4.69) is 15.3 Å². The molecule has 3 heterocycles. The highest BCUT2D eigenvalue weighted by atomic mass is 16.6. The van der Waals surface area contributed by atoms with E-state index in [9.17, 15) is 14.9 Å². The highest BCUT2D eigenvalue weighted by molar-refractivity contribution is 5.91. The Morgan fingerprint density at radius 3 is 2.88 bits per heavy atom. The smallest absolute Gasteiger partial charge is 0.307 e. The predicted molar refractivity (Wildman–Crippen MR) is 90.9 cm³/mol. The van der Waals surface area contributed by atoms with Crippen LogP contribution in [0.15, 0.2) is 28.9 Å². The van der Waals surface area contributed by atoms with Crippen molar-refractivity contribution in [2.45, 2.75) is 13.0 Å². The fraction of sp³-hybridized carbons (Fsp3) is 0.500. The van der Waals surface area contributed by atoms with Gasteiger partial charge in [-0.3, -0.25) is 24.5 Å². The first kappa shape index (κ1) is 18.1. The van der Waals surface area contributed by atoms with E-state index in [1.165, 1.54) is 17.1 Å². The Hall–Kier alpha value is -2.72. The molecule has 0 aliphatic carbocycles. The van der Waals surface area contributed by atoms with Crippen LogP contribution in [0, 0.1) is 10.1 Å². The van der Waals surface area contributed by atoms with E-state index in [-0.39, 0.29) is 23.9 Å². The number of furan rings is 1. The maximum absolute atomic E-state index is 12.1. The second-order valence-corrected chi connectivity index (χ2v) is 5.98. The lowest BCUT2D eigenvalue weighted by Crippen LogP contribution is -2.38. The molecule has 3 rings (SSSR count). The number of morpholine rings is 1. The van der Waals surface area contributed by atoms with Crippen LogP contribution in [-0.2, 0) is 11.3 Å². The van der Waals surface area contributed by atoms with Crippen molar-refractivity contribution in [3.05, 3.63) is 46.2 Å². The number of carbonyl (C=O) groups is 1. The first-order chi connectivity index (χ1) is 12.6. The molecule has 1 amide bonds. The van der Waals surface area contributed by atoms with Gasteiger partial charge in [-0.05, 0) is 25.1 Å². The van der Waals surface area contributed by atoms with Gasteiger partial charge >= 0.3 is 5.69 Å². The van der Waals surface area contributed by atoms with Crippen molar-refractivity contribution in [3.8, 4) is 0 Å². The lowest BCUT2D eigenvalue weighted by molar-refractivity contribution is -0.385. The van der Waals surface area contributed by atoms with E-state index < -0.39 is 4.92 Å². The van der Waals surface area contributed by atoms with Gasteiger partial charge in [-0.2, -0.15) is 5.10 Å².